The Bertz CT molecular complexity index is 1540. The van der Waals surface area contributed by atoms with Gasteiger partial charge in [-0.05, 0) is 67.6 Å². The number of hydrogen-bond donors (Lipinski definition) is 5. The van der Waals surface area contributed by atoms with Crippen molar-refractivity contribution in [2.24, 2.45) is 23.7 Å². The van der Waals surface area contributed by atoms with Gasteiger partial charge in [0.05, 0.1) is 55.2 Å². The molecule has 63 heavy (non-hydrogen) atoms. The molecule has 0 aromatic heterocycles. The van der Waals surface area contributed by atoms with Crippen LogP contribution in [0.3, 0.4) is 0 Å². The van der Waals surface area contributed by atoms with Crippen molar-refractivity contribution in [1.29, 1.82) is 0 Å². The first-order valence-corrected chi connectivity index (χ1v) is 22.2. The van der Waals surface area contributed by atoms with Gasteiger partial charge >= 0.3 is 5.97 Å². The summed E-state index contributed by atoms with van der Waals surface area (Å²) in [4.78, 5) is 42.0. The summed E-state index contributed by atoms with van der Waals surface area (Å²) in [6.07, 6.45) is -9.08. The van der Waals surface area contributed by atoms with Crippen LogP contribution in [-0.4, -0.2) is 187 Å². The summed E-state index contributed by atoms with van der Waals surface area (Å²) in [5, 5.41) is 55.5. The Balaban J connectivity index is 1.60. The molecule has 4 aliphatic rings. The van der Waals surface area contributed by atoms with Crippen molar-refractivity contribution in [3.8, 4) is 0 Å². The van der Waals surface area contributed by atoms with E-state index in [1.807, 2.05) is 13.0 Å². The number of ether oxygens (including phenoxy) is 9. The molecule has 0 saturated carbocycles. The van der Waals surface area contributed by atoms with Crippen molar-refractivity contribution < 1.29 is 82.5 Å². The number of likely N-dealkylation sites (N-methyl/N-ethyl adjacent to an activating group) is 1. The Hall–Kier alpha value is -2.27. The molecule has 1 unspecified atom stereocenters. The summed E-state index contributed by atoms with van der Waals surface area (Å²) < 4.78 is 54.4. The van der Waals surface area contributed by atoms with Gasteiger partial charge in [0.25, 0.3) is 0 Å². The molecule has 3 saturated heterocycles. The Morgan fingerprint density at radius 1 is 0.857 bits per heavy atom. The average Bonchev–Trinajstić information content (AvgIpc) is 3.22. The molecule has 18 heteroatoms. The van der Waals surface area contributed by atoms with Gasteiger partial charge in [-0.3, -0.25) is 9.59 Å². The second kappa shape index (κ2) is 23.5. The van der Waals surface area contributed by atoms with Gasteiger partial charge in [-0.25, -0.2) is 0 Å². The molecule has 0 bridgehead atoms. The molecule has 4 heterocycles. The predicted octanol–water partition coefficient (Wildman–Crippen LogP) is 1.44. The van der Waals surface area contributed by atoms with Crippen LogP contribution >= 0.6 is 0 Å². The molecule has 0 radical (unpaired) electrons. The number of rotatable bonds is 12. The second-order valence-electron chi connectivity index (χ2n) is 18.4. The number of aliphatic hydroxyl groups excluding tert-OH is 4. The minimum Gasteiger partial charge on any atom is -0.462 e. The first-order valence-electron chi connectivity index (χ1n) is 22.2. The molecule has 362 valence electrons. The number of cyclic esters (lactones) is 1. The fourth-order valence-electron chi connectivity index (χ4n) is 9.19. The number of ketones is 1. The lowest BCUT2D eigenvalue weighted by atomic mass is 9.81. The zero-order valence-electron chi connectivity index (χ0n) is 39.0. The van der Waals surface area contributed by atoms with E-state index in [0.717, 1.165) is 0 Å². The van der Waals surface area contributed by atoms with Crippen molar-refractivity contribution >= 4 is 18.0 Å². The maximum absolute atomic E-state index is 13.7. The number of esters is 1. The Labute approximate surface area is 372 Å². The lowest BCUT2D eigenvalue weighted by Crippen LogP contribution is -2.65. The van der Waals surface area contributed by atoms with Crippen LogP contribution in [0.5, 0.6) is 0 Å². The van der Waals surface area contributed by atoms with Gasteiger partial charge in [0.1, 0.15) is 49.0 Å². The topological polar surface area (TPSA) is 239 Å². The van der Waals surface area contributed by atoms with Crippen LogP contribution in [0.2, 0.25) is 0 Å². The van der Waals surface area contributed by atoms with Crippen LogP contribution in [0.25, 0.3) is 0 Å². The number of carbonyl (C=O) groups excluding carboxylic acids is 3. The van der Waals surface area contributed by atoms with Crippen molar-refractivity contribution in [3.05, 3.63) is 23.8 Å². The van der Waals surface area contributed by atoms with Gasteiger partial charge in [-0.1, -0.05) is 38.5 Å². The van der Waals surface area contributed by atoms with Gasteiger partial charge in [-0.2, -0.15) is 0 Å². The molecule has 4 aliphatic heterocycles. The second-order valence-corrected chi connectivity index (χ2v) is 18.4. The maximum Gasteiger partial charge on any atom is 0.308 e. The molecule has 3 fully saturated rings. The third-order valence-electron chi connectivity index (χ3n) is 13.1. The fraction of sp³-hybridized carbons (Fsp3) is 0.844. The first kappa shape index (κ1) is 53.3. The standard InChI is InChI=1S/C45H75NO17/c1-13-32-29(21-57-44-41(56-12)40(55-11)36(51)25(5)59-44)16-22(2)14-15-30(48)23(3)17-28(20-47)38(24(4)31(49)18-33(50)61-32)63-43-37(52)35(46(9)10)39(26(6)60-43)62-34-19-45(8,54)42(53)27(7)58-34/h14-16,20,23-29,31-32,34-44,49,51-54H,13,17-19,21H2,1-12H3/b15-14+,22-16-/t23-,24-,25+,26-,27+,28-,29?,31+,32+,34+,35-,36+,37-,38-,39-,40+,41+,42+,43+,44+,45-/m1/s1. The van der Waals surface area contributed by atoms with Crippen LogP contribution in [0, 0.1) is 23.7 Å². The highest BCUT2D eigenvalue weighted by atomic mass is 16.7. The van der Waals surface area contributed by atoms with Crippen LogP contribution in [0.4, 0.5) is 0 Å². The van der Waals surface area contributed by atoms with Crippen LogP contribution in [0.1, 0.15) is 81.1 Å². The zero-order chi connectivity index (χ0) is 47.1. The van der Waals surface area contributed by atoms with E-state index in [0.29, 0.717) is 18.3 Å². The zero-order valence-corrected chi connectivity index (χ0v) is 39.0. The number of hydrogen-bond acceptors (Lipinski definition) is 18. The normalized spacial score (nSPS) is 46.5. The van der Waals surface area contributed by atoms with Crippen molar-refractivity contribution in [3.63, 3.8) is 0 Å². The van der Waals surface area contributed by atoms with E-state index in [-0.39, 0.29) is 25.2 Å². The minimum absolute atomic E-state index is 0.0117. The largest absolute Gasteiger partial charge is 0.462 e. The van der Waals surface area contributed by atoms with Crippen LogP contribution in [0.15, 0.2) is 23.8 Å². The highest BCUT2D eigenvalue weighted by Crippen LogP contribution is 2.37. The van der Waals surface area contributed by atoms with E-state index in [1.54, 1.807) is 66.6 Å². The van der Waals surface area contributed by atoms with Gasteiger partial charge < -0.3 is 77.9 Å². The summed E-state index contributed by atoms with van der Waals surface area (Å²) in [6.45, 7) is 13.5. The van der Waals surface area contributed by atoms with E-state index in [1.165, 1.54) is 27.2 Å². The summed E-state index contributed by atoms with van der Waals surface area (Å²) in [5.74, 6) is -4.14. The van der Waals surface area contributed by atoms with E-state index >= 15 is 0 Å². The SMILES string of the molecule is CC[C@@H]1OC(=O)C[C@H](O)[C@@H](C)[C@@H](O[C@@H]2O[C@H](C)[C@@H](O[C@H]3C[C@@](C)(O)[C@@H](O)[C@H](C)O3)[C@H](N(C)C)[C@H]2O)[C@@H](C=O)C[C@@H](C)C(=O)/C=C/C(C)=C\C1CO[C@H]1O[C@@H](C)[C@H](O)[C@H](OC)[C@@H]1OC. The number of methoxy groups -OCH3 is 2. The summed E-state index contributed by atoms with van der Waals surface area (Å²) in [7, 11) is 6.40. The molecule has 0 aromatic rings. The number of aliphatic hydroxyl groups is 5. The van der Waals surface area contributed by atoms with Crippen molar-refractivity contribution in [1.82, 2.24) is 4.90 Å². The van der Waals surface area contributed by atoms with Gasteiger partial charge in [-0.15, -0.1) is 0 Å². The highest BCUT2D eigenvalue weighted by Gasteiger charge is 2.52. The monoisotopic (exact) mass is 902 g/mol. The van der Waals surface area contributed by atoms with E-state index in [9.17, 15) is 39.9 Å². The molecule has 18 nitrogen and oxygen atoms in total. The van der Waals surface area contributed by atoms with E-state index in [2.05, 4.69) is 0 Å². The molecule has 0 aromatic carbocycles. The predicted molar refractivity (Wildman–Crippen MR) is 226 cm³/mol. The molecule has 5 N–H and O–H groups in total. The third kappa shape index (κ3) is 13.2. The molecule has 0 aliphatic carbocycles. The summed E-state index contributed by atoms with van der Waals surface area (Å²) >= 11 is 0. The molecular weight excluding hydrogens is 826 g/mol. The molecular formula is C45H75NO17. The molecule has 21 atom stereocenters. The van der Waals surface area contributed by atoms with E-state index < -0.39 is 140 Å². The fourth-order valence-corrected chi connectivity index (χ4v) is 9.19. The van der Waals surface area contributed by atoms with Crippen molar-refractivity contribution in [2.75, 3.05) is 34.9 Å². The smallest absolute Gasteiger partial charge is 0.308 e. The number of aldehydes is 1. The lowest BCUT2D eigenvalue weighted by molar-refractivity contribution is -0.341. The van der Waals surface area contributed by atoms with Crippen molar-refractivity contribution in [2.45, 2.75) is 185 Å². The Morgan fingerprint density at radius 2 is 1.51 bits per heavy atom. The van der Waals surface area contributed by atoms with Gasteiger partial charge in [0, 0.05) is 44.3 Å². The quantitative estimate of drug-likeness (QED) is 0.138. The first-order chi connectivity index (χ1) is 29.6. The minimum atomic E-state index is -1.49. The highest BCUT2D eigenvalue weighted by molar-refractivity contribution is 5.92. The van der Waals surface area contributed by atoms with Gasteiger partial charge in [0.15, 0.2) is 24.7 Å². The van der Waals surface area contributed by atoms with Crippen LogP contribution < -0.4 is 0 Å². The molecule has 0 spiro atoms. The number of allylic oxidation sites excluding steroid dienone is 3. The van der Waals surface area contributed by atoms with E-state index in [4.69, 9.17) is 42.6 Å². The average molecular weight is 902 g/mol. The van der Waals surface area contributed by atoms with Crippen LogP contribution in [-0.2, 0) is 57.0 Å². The molecule has 4 rings (SSSR count). The Morgan fingerprint density at radius 3 is 2.10 bits per heavy atom. The lowest BCUT2D eigenvalue weighted by Gasteiger charge is -2.50. The summed E-state index contributed by atoms with van der Waals surface area (Å²) in [5.41, 5.74) is -0.826. The summed E-state index contributed by atoms with van der Waals surface area (Å²) in [6, 6.07) is -0.767. The number of nitrogens with zero attached hydrogens (tertiary/aromatic N) is 1. The molecule has 0 amide bonds. The maximum atomic E-state index is 13.7. The number of carbonyl (C=O) groups is 3. The van der Waals surface area contributed by atoms with Gasteiger partial charge in [0.2, 0.25) is 0 Å². The third-order valence-corrected chi connectivity index (χ3v) is 13.1. The Kier molecular flexibility index (Phi) is 19.9.